The Bertz CT molecular complexity index is 1230. The number of hydrogen-bond donors (Lipinski definition) is 1. The monoisotopic (exact) mass is 497 g/mol. The van der Waals surface area contributed by atoms with Crippen molar-refractivity contribution < 1.29 is 9.59 Å². The maximum Gasteiger partial charge on any atom is 0.266 e. The Morgan fingerprint density at radius 1 is 1.03 bits per heavy atom. The van der Waals surface area contributed by atoms with Gasteiger partial charge in [0.05, 0.1) is 5.75 Å². The quantitative estimate of drug-likeness (QED) is 0.416. The number of halogens is 1. The molecule has 1 aliphatic heterocycles. The standard InChI is InChI=1S/C24H24ClN5O3S/c1-28-23(33)20(22(32)27-18-9-7-17(25)8-10-18)15-26-24(28)34-16-21(31)30-13-11-29(12-14-30)19-5-3-2-4-6-19/h2-10,15H,11-14,16H2,1H3,(H,27,32). The van der Waals surface area contributed by atoms with Gasteiger partial charge in [0.1, 0.15) is 5.56 Å². The molecule has 2 aromatic carbocycles. The van der Waals surface area contributed by atoms with Crippen LogP contribution in [0.5, 0.6) is 0 Å². The van der Waals surface area contributed by atoms with E-state index < -0.39 is 11.5 Å². The number of hydrogen-bond acceptors (Lipinski definition) is 6. The number of nitrogens with zero attached hydrogens (tertiary/aromatic N) is 4. The second kappa shape index (κ2) is 10.8. The van der Waals surface area contributed by atoms with Gasteiger partial charge in [-0.3, -0.25) is 19.0 Å². The topological polar surface area (TPSA) is 87.5 Å². The van der Waals surface area contributed by atoms with Gasteiger partial charge in [0.25, 0.3) is 11.5 Å². The van der Waals surface area contributed by atoms with E-state index in [0.717, 1.165) is 18.8 Å². The predicted octanol–water partition coefficient (Wildman–Crippen LogP) is 3.13. The van der Waals surface area contributed by atoms with Crippen LogP contribution in [0.1, 0.15) is 10.4 Å². The molecule has 1 saturated heterocycles. The van der Waals surface area contributed by atoms with Crippen molar-refractivity contribution in [1.82, 2.24) is 14.5 Å². The minimum absolute atomic E-state index is 0.00322. The highest BCUT2D eigenvalue weighted by Crippen LogP contribution is 2.18. The minimum Gasteiger partial charge on any atom is -0.368 e. The zero-order valence-electron chi connectivity index (χ0n) is 18.6. The normalized spacial score (nSPS) is 13.6. The maximum atomic E-state index is 12.7. The van der Waals surface area contributed by atoms with Crippen molar-refractivity contribution in [3.05, 3.63) is 81.7 Å². The molecule has 0 unspecified atom stereocenters. The Morgan fingerprint density at radius 3 is 2.38 bits per heavy atom. The number of carbonyl (C=O) groups excluding carboxylic acids is 2. The molecule has 2 amide bonds. The van der Waals surface area contributed by atoms with Gasteiger partial charge in [-0.05, 0) is 36.4 Å². The highest BCUT2D eigenvalue weighted by molar-refractivity contribution is 7.99. The third-order valence-electron chi connectivity index (χ3n) is 5.55. The summed E-state index contributed by atoms with van der Waals surface area (Å²) in [5, 5.41) is 3.58. The van der Waals surface area contributed by atoms with Gasteiger partial charge < -0.3 is 15.1 Å². The largest absolute Gasteiger partial charge is 0.368 e. The van der Waals surface area contributed by atoms with Gasteiger partial charge in [0.15, 0.2) is 5.16 Å². The summed E-state index contributed by atoms with van der Waals surface area (Å²) >= 11 is 7.04. The van der Waals surface area contributed by atoms with E-state index in [1.807, 2.05) is 23.1 Å². The summed E-state index contributed by atoms with van der Waals surface area (Å²) in [5.74, 6) is -0.391. The first kappa shape index (κ1) is 23.8. The summed E-state index contributed by atoms with van der Waals surface area (Å²) in [6.07, 6.45) is 1.25. The van der Waals surface area contributed by atoms with Gasteiger partial charge in [-0.15, -0.1) is 0 Å². The molecule has 8 nitrogen and oxygen atoms in total. The van der Waals surface area contributed by atoms with Gasteiger partial charge in [-0.2, -0.15) is 0 Å². The summed E-state index contributed by atoms with van der Waals surface area (Å²) in [4.78, 5) is 46.3. The lowest BCUT2D eigenvalue weighted by Gasteiger charge is -2.36. The molecule has 1 fully saturated rings. The van der Waals surface area contributed by atoms with E-state index in [1.54, 1.807) is 31.3 Å². The minimum atomic E-state index is -0.556. The number of carbonyl (C=O) groups is 2. The number of aromatic nitrogens is 2. The number of rotatable bonds is 6. The highest BCUT2D eigenvalue weighted by Gasteiger charge is 2.22. The van der Waals surface area contributed by atoms with Crippen molar-refractivity contribution >= 4 is 46.6 Å². The molecule has 1 N–H and O–H groups in total. The molecule has 2 heterocycles. The van der Waals surface area contributed by atoms with Crippen LogP contribution in [0.4, 0.5) is 11.4 Å². The molecule has 3 aromatic rings. The number of thioether (sulfide) groups is 1. The summed E-state index contributed by atoms with van der Waals surface area (Å²) in [5.41, 5.74) is 1.12. The van der Waals surface area contributed by atoms with Crippen LogP contribution >= 0.6 is 23.4 Å². The Kier molecular flexibility index (Phi) is 7.54. The van der Waals surface area contributed by atoms with Crippen molar-refractivity contribution in [2.24, 2.45) is 7.05 Å². The van der Waals surface area contributed by atoms with E-state index in [9.17, 15) is 14.4 Å². The number of nitrogens with one attached hydrogen (secondary N) is 1. The molecule has 0 spiro atoms. The SMILES string of the molecule is Cn1c(SCC(=O)N2CCN(c3ccccc3)CC2)ncc(C(=O)Nc2ccc(Cl)cc2)c1=O. The van der Waals surface area contributed by atoms with E-state index >= 15 is 0 Å². The lowest BCUT2D eigenvalue weighted by Crippen LogP contribution is -2.49. The van der Waals surface area contributed by atoms with Crippen LogP contribution in [-0.4, -0.2) is 58.2 Å². The second-order valence-electron chi connectivity index (χ2n) is 7.77. The van der Waals surface area contributed by atoms with Gasteiger partial charge in [0, 0.05) is 55.8 Å². The summed E-state index contributed by atoms with van der Waals surface area (Å²) in [6, 6.07) is 16.7. The van der Waals surface area contributed by atoms with Crippen LogP contribution in [0.3, 0.4) is 0 Å². The predicted molar refractivity (Wildman–Crippen MR) is 135 cm³/mol. The lowest BCUT2D eigenvalue weighted by molar-refractivity contribution is -0.128. The first-order valence-corrected chi connectivity index (χ1v) is 12.1. The Balaban J connectivity index is 1.33. The van der Waals surface area contributed by atoms with E-state index in [-0.39, 0.29) is 17.2 Å². The first-order chi connectivity index (χ1) is 16.4. The average molecular weight is 498 g/mol. The van der Waals surface area contributed by atoms with E-state index in [1.165, 1.54) is 22.5 Å². The fourth-order valence-electron chi connectivity index (χ4n) is 3.62. The number of amides is 2. The molecule has 0 aliphatic carbocycles. The smallest absolute Gasteiger partial charge is 0.266 e. The number of para-hydroxylation sites is 1. The van der Waals surface area contributed by atoms with Crippen molar-refractivity contribution in [3.63, 3.8) is 0 Å². The zero-order chi connectivity index (χ0) is 24.1. The van der Waals surface area contributed by atoms with Crippen LogP contribution in [0, 0.1) is 0 Å². The lowest BCUT2D eigenvalue weighted by atomic mass is 10.2. The summed E-state index contributed by atoms with van der Waals surface area (Å²) in [7, 11) is 1.54. The third-order valence-corrected chi connectivity index (χ3v) is 6.83. The fraction of sp³-hybridized carbons (Fsp3) is 0.250. The van der Waals surface area contributed by atoms with Crippen LogP contribution in [0.25, 0.3) is 0 Å². The Morgan fingerprint density at radius 2 is 1.71 bits per heavy atom. The van der Waals surface area contributed by atoms with Gasteiger partial charge in [0.2, 0.25) is 5.91 Å². The van der Waals surface area contributed by atoms with Crippen molar-refractivity contribution in [2.75, 3.05) is 42.1 Å². The Labute approximate surface area is 206 Å². The van der Waals surface area contributed by atoms with E-state index in [0.29, 0.717) is 29.0 Å². The van der Waals surface area contributed by atoms with Crippen LogP contribution in [0.15, 0.2) is 70.7 Å². The van der Waals surface area contributed by atoms with E-state index in [4.69, 9.17) is 11.6 Å². The third kappa shape index (κ3) is 5.60. The molecule has 10 heteroatoms. The van der Waals surface area contributed by atoms with Gasteiger partial charge >= 0.3 is 0 Å². The summed E-state index contributed by atoms with van der Waals surface area (Å²) in [6.45, 7) is 2.83. The number of anilines is 2. The van der Waals surface area contributed by atoms with Crippen molar-refractivity contribution in [3.8, 4) is 0 Å². The molecule has 176 valence electrons. The van der Waals surface area contributed by atoms with Crippen LogP contribution in [0.2, 0.25) is 5.02 Å². The molecule has 0 radical (unpaired) electrons. The summed E-state index contributed by atoms with van der Waals surface area (Å²) < 4.78 is 1.29. The first-order valence-electron chi connectivity index (χ1n) is 10.8. The molecule has 1 aliphatic rings. The average Bonchev–Trinajstić information content (AvgIpc) is 2.86. The number of piperazine rings is 1. The number of benzene rings is 2. The molecule has 0 atom stereocenters. The van der Waals surface area contributed by atoms with Gasteiger partial charge in [-0.1, -0.05) is 41.6 Å². The van der Waals surface area contributed by atoms with Crippen molar-refractivity contribution in [2.45, 2.75) is 5.16 Å². The molecule has 0 bridgehead atoms. The fourth-order valence-corrected chi connectivity index (χ4v) is 4.59. The van der Waals surface area contributed by atoms with Crippen LogP contribution in [-0.2, 0) is 11.8 Å². The molecule has 4 rings (SSSR count). The van der Waals surface area contributed by atoms with Crippen molar-refractivity contribution in [1.29, 1.82) is 0 Å². The molecule has 34 heavy (non-hydrogen) atoms. The van der Waals surface area contributed by atoms with Gasteiger partial charge in [-0.25, -0.2) is 4.98 Å². The molecular formula is C24H24ClN5O3S. The zero-order valence-corrected chi connectivity index (χ0v) is 20.2. The Hall–Kier alpha value is -3.30. The van der Waals surface area contributed by atoms with E-state index in [2.05, 4.69) is 27.3 Å². The molecule has 0 saturated carbocycles. The molecule has 1 aromatic heterocycles. The second-order valence-corrected chi connectivity index (χ2v) is 9.15. The highest BCUT2D eigenvalue weighted by atomic mass is 35.5. The van der Waals surface area contributed by atoms with Crippen LogP contribution < -0.4 is 15.8 Å². The molecular weight excluding hydrogens is 474 g/mol. The maximum absolute atomic E-state index is 12.7.